The summed E-state index contributed by atoms with van der Waals surface area (Å²) in [5.74, 6) is -0.454. The number of carboxylic acids is 1. The van der Waals surface area contributed by atoms with Crippen LogP contribution in [-0.4, -0.2) is 23.2 Å². The van der Waals surface area contributed by atoms with Crippen molar-refractivity contribution in [1.82, 2.24) is 5.32 Å². The van der Waals surface area contributed by atoms with Gasteiger partial charge in [-0.1, -0.05) is 18.2 Å². The maximum absolute atomic E-state index is 10.7. The Hall–Kier alpha value is -2.04. The van der Waals surface area contributed by atoms with Crippen LogP contribution in [0.25, 0.3) is 0 Å². The highest BCUT2D eigenvalue weighted by atomic mass is 16.5. The lowest BCUT2D eigenvalue weighted by Gasteiger charge is -2.28. The maximum Gasteiger partial charge on any atom is 0.307 e. The normalized spacial score (nSPS) is 18.5. The molecule has 1 aromatic carbocycles. The number of para-hydroxylation sites is 1. The predicted octanol–water partition coefficient (Wildman–Crippen LogP) is 0.538. The lowest BCUT2D eigenvalue weighted by atomic mass is 10.1. The number of carbonyl (C=O) groups is 2. The van der Waals surface area contributed by atoms with E-state index < -0.39 is 5.97 Å². The smallest absolute Gasteiger partial charge is 0.307 e. The van der Waals surface area contributed by atoms with E-state index in [2.05, 4.69) is 5.32 Å². The van der Waals surface area contributed by atoms with Crippen molar-refractivity contribution in [2.75, 3.05) is 0 Å². The zero-order valence-corrected chi connectivity index (χ0v) is 8.47. The van der Waals surface area contributed by atoms with E-state index in [-0.39, 0.29) is 18.6 Å². The summed E-state index contributed by atoms with van der Waals surface area (Å²) < 4.78 is 5.46. The van der Waals surface area contributed by atoms with Crippen LogP contribution in [0.15, 0.2) is 24.3 Å². The van der Waals surface area contributed by atoms with Gasteiger partial charge in [0.05, 0.1) is 12.8 Å². The third kappa shape index (κ3) is 2.31. The molecule has 0 bridgehead atoms. The SMILES string of the molecule is O=C(O)Cc1ccccc1OC1CC(=O)N1. The Bertz CT molecular complexity index is 422. The van der Waals surface area contributed by atoms with Crippen molar-refractivity contribution in [2.45, 2.75) is 19.1 Å². The number of benzene rings is 1. The number of carboxylic acid groups (broad SMARTS) is 1. The lowest BCUT2D eigenvalue weighted by Crippen LogP contribution is -2.52. The van der Waals surface area contributed by atoms with E-state index >= 15 is 0 Å². The monoisotopic (exact) mass is 221 g/mol. The second-order valence-electron chi connectivity index (χ2n) is 3.56. The van der Waals surface area contributed by atoms with Crippen molar-refractivity contribution in [1.29, 1.82) is 0 Å². The molecule has 5 heteroatoms. The van der Waals surface area contributed by atoms with Gasteiger partial charge < -0.3 is 15.2 Å². The molecule has 1 aromatic rings. The van der Waals surface area contributed by atoms with Crippen LogP contribution in [0.2, 0.25) is 0 Å². The second-order valence-corrected chi connectivity index (χ2v) is 3.56. The molecule has 0 aromatic heterocycles. The number of β-lactam (4-membered cyclic amide) rings is 1. The van der Waals surface area contributed by atoms with Crippen LogP contribution in [0.1, 0.15) is 12.0 Å². The Morgan fingerprint density at radius 1 is 1.50 bits per heavy atom. The molecule has 0 spiro atoms. The molecule has 2 rings (SSSR count). The highest BCUT2D eigenvalue weighted by Crippen LogP contribution is 2.21. The Balaban J connectivity index is 2.07. The van der Waals surface area contributed by atoms with Crippen LogP contribution < -0.4 is 10.1 Å². The van der Waals surface area contributed by atoms with Gasteiger partial charge in [0.25, 0.3) is 0 Å². The number of ether oxygens (including phenoxy) is 1. The quantitative estimate of drug-likeness (QED) is 0.727. The number of rotatable bonds is 4. The lowest BCUT2D eigenvalue weighted by molar-refractivity contribution is -0.137. The highest BCUT2D eigenvalue weighted by Gasteiger charge is 2.27. The van der Waals surface area contributed by atoms with Crippen molar-refractivity contribution in [3.63, 3.8) is 0 Å². The summed E-state index contributed by atoms with van der Waals surface area (Å²) >= 11 is 0. The number of amides is 1. The van der Waals surface area contributed by atoms with Gasteiger partial charge in [-0.3, -0.25) is 9.59 Å². The third-order valence-corrected chi connectivity index (χ3v) is 2.28. The van der Waals surface area contributed by atoms with Crippen LogP contribution in [0.3, 0.4) is 0 Å². The summed E-state index contributed by atoms with van der Waals surface area (Å²) in [4.78, 5) is 21.3. The number of carbonyl (C=O) groups excluding carboxylic acids is 1. The molecule has 84 valence electrons. The van der Waals surface area contributed by atoms with E-state index in [0.29, 0.717) is 17.7 Å². The highest BCUT2D eigenvalue weighted by molar-refractivity contribution is 5.82. The molecule has 16 heavy (non-hydrogen) atoms. The van der Waals surface area contributed by atoms with E-state index in [9.17, 15) is 9.59 Å². The summed E-state index contributed by atoms with van der Waals surface area (Å²) in [6.45, 7) is 0. The average Bonchev–Trinajstić information content (AvgIpc) is 2.17. The van der Waals surface area contributed by atoms with Gasteiger partial charge in [-0.15, -0.1) is 0 Å². The second kappa shape index (κ2) is 4.22. The summed E-state index contributed by atoms with van der Waals surface area (Å²) in [6.07, 6.45) is -0.0967. The molecule has 1 aliphatic heterocycles. The van der Waals surface area contributed by atoms with Gasteiger partial charge >= 0.3 is 5.97 Å². The van der Waals surface area contributed by atoms with Crippen molar-refractivity contribution in [2.24, 2.45) is 0 Å². The molecule has 5 nitrogen and oxygen atoms in total. The Labute approximate surface area is 92.0 Å². The predicted molar refractivity (Wildman–Crippen MR) is 55.0 cm³/mol. The number of nitrogens with one attached hydrogen (secondary N) is 1. The van der Waals surface area contributed by atoms with E-state index in [1.807, 2.05) is 0 Å². The van der Waals surface area contributed by atoms with Crippen molar-refractivity contribution in [3.05, 3.63) is 29.8 Å². The van der Waals surface area contributed by atoms with Gasteiger partial charge in [-0.05, 0) is 6.07 Å². The molecule has 1 saturated heterocycles. The summed E-state index contributed by atoms with van der Waals surface area (Å²) in [5, 5.41) is 11.3. The molecule has 0 radical (unpaired) electrons. The molecule has 1 unspecified atom stereocenters. The van der Waals surface area contributed by atoms with Crippen LogP contribution >= 0.6 is 0 Å². The van der Waals surface area contributed by atoms with Crippen molar-refractivity contribution < 1.29 is 19.4 Å². The van der Waals surface area contributed by atoms with E-state index in [4.69, 9.17) is 9.84 Å². The van der Waals surface area contributed by atoms with Gasteiger partial charge in [0.15, 0.2) is 6.23 Å². The first kappa shape index (κ1) is 10.5. The van der Waals surface area contributed by atoms with Crippen molar-refractivity contribution >= 4 is 11.9 Å². The molecule has 0 saturated carbocycles. The van der Waals surface area contributed by atoms with Crippen LogP contribution in [0.5, 0.6) is 5.75 Å². The molecule has 1 aliphatic rings. The van der Waals surface area contributed by atoms with Gasteiger partial charge in [0.2, 0.25) is 5.91 Å². The van der Waals surface area contributed by atoms with Gasteiger partial charge in [0.1, 0.15) is 5.75 Å². The Kier molecular flexibility index (Phi) is 2.76. The fraction of sp³-hybridized carbons (Fsp3) is 0.273. The molecule has 1 fully saturated rings. The largest absolute Gasteiger partial charge is 0.481 e. The summed E-state index contributed by atoms with van der Waals surface area (Å²) in [7, 11) is 0. The standard InChI is InChI=1S/C11H11NO4/c13-9-6-10(12-9)16-8-4-2-1-3-7(8)5-11(14)15/h1-4,10H,5-6H2,(H,12,13)(H,14,15). The molecule has 1 amide bonds. The minimum atomic E-state index is -0.909. The van der Waals surface area contributed by atoms with Crippen LogP contribution in [-0.2, 0) is 16.0 Å². The van der Waals surface area contributed by atoms with Crippen molar-refractivity contribution in [3.8, 4) is 5.75 Å². The molecule has 2 N–H and O–H groups in total. The topological polar surface area (TPSA) is 75.6 Å². The van der Waals surface area contributed by atoms with Gasteiger partial charge in [-0.2, -0.15) is 0 Å². The van der Waals surface area contributed by atoms with Gasteiger partial charge in [-0.25, -0.2) is 0 Å². The number of hydrogen-bond acceptors (Lipinski definition) is 3. The first-order valence-electron chi connectivity index (χ1n) is 4.91. The first-order chi connectivity index (χ1) is 7.65. The minimum Gasteiger partial charge on any atom is -0.481 e. The fourth-order valence-corrected chi connectivity index (χ4v) is 1.48. The van der Waals surface area contributed by atoms with E-state index in [1.165, 1.54) is 0 Å². The Morgan fingerprint density at radius 3 is 2.81 bits per heavy atom. The third-order valence-electron chi connectivity index (χ3n) is 2.28. The van der Waals surface area contributed by atoms with Gasteiger partial charge in [0, 0.05) is 5.56 Å². The minimum absolute atomic E-state index is 0.0549. The molecule has 0 aliphatic carbocycles. The number of hydrogen-bond donors (Lipinski definition) is 2. The first-order valence-corrected chi connectivity index (χ1v) is 4.91. The van der Waals surface area contributed by atoms with E-state index in [1.54, 1.807) is 24.3 Å². The van der Waals surface area contributed by atoms with Crippen LogP contribution in [0.4, 0.5) is 0 Å². The maximum atomic E-state index is 10.7. The summed E-state index contributed by atoms with van der Waals surface area (Å²) in [6, 6.07) is 6.92. The molecular weight excluding hydrogens is 210 g/mol. The molecule has 1 atom stereocenters. The van der Waals surface area contributed by atoms with E-state index in [0.717, 1.165) is 0 Å². The Morgan fingerprint density at radius 2 is 2.19 bits per heavy atom. The zero-order valence-electron chi connectivity index (χ0n) is 8.47. The fourth-order valence-electron chi connectivity index (χ4n) is 1.48. The molecule has 1 heterocycles. The van der Waals surface area contributed by atoms with Crippen LogP contribution in [0, 0.1) is 0 Å². The summed E-state index contributed by atoms with van der Waals surface area (Å²) in [5.41, 5.74) is 0.608. The average molecular weight is 221 g/mol. The number of aliphatic carboxylic acids is 1. The molecular formula is C11H11NO4. The zero-order chi connectivity index (χ0) is 11.5.